The van der Waals surface area contributed by atoms with Gasteiger partial charge in [-0.15, -0.1) is 16.4 Å². The van der Waals surface area contributed by atoms with E-state index in [0.29, 0.717) is 39.3 Å². The van der Waals surface area contributed by atoms with E-state index in [1.807, 2.05) is 35.7 Å². The Morgan fingerprint density at radius 1 is 1.08 bits per heavy atom. The fourth-order valence-corrected chi connectivity index (χ4v) is 4.81. The average Bonchev–Trinajstić information content (AvgIpc) is 3.59. The Bertz CT molecular complexity index is 1970. The van der Waals surface area contributed by atoms with Crippen LogP contribution < -0.4 is 16.6 Å². The Morgan fingerprint density at radius 3 is 2.72 bits per heavy atom. The van der Waals surface area contributed by atoms with Crippen LogP contribution in [0.15, 0.2) is 82.7 Å². The number of thiazole rings is 1. The van der Waals surface area contributed by atoms with E-state index in [-0.39, 0.29) is 16.9 Å². The van der Waals surface area contributed by atoms with E-state index in [1.165, 1.54) is 20.4 Å². The molecule has 0 saturated carbocycles. The highest BCUT2D eigenvalue weighted by molar-refractivity contribution is 7.07. The first-order valence-corrected chi connectivity index (χ1v) is 12.9. The monoisotopic (exact) mass is 532 g/mol. The first-order valence-electron chi connectivity index (χ1n) is 11.9. The molecule has 39 heavy (non-hydrogen) atoms. The van der Waals surface area contributed by atoms with Crippen molar-refractivity contribution in [2.75, 3.05) is 5.73 Å². The molecule has 10 nitrogen and oxygen atoms in total. The molecule has 0 spiro atoms. The van der Waals surface area contributed by atoms with Crippen LogP contribution in [0.25, 0.3) is 22.2 Å². The number of benzene rings is 2. The maximum absolute atomic E-state index is 14.1. The molecule has 0 radical (unpaired) electrons. The lowest BCUT2D eigenvalue weighted by molar-refractivity contribution is 0.0940. The smallest absolute Gasteiger partial charge is 0.267 e. The number of nitrogens with two attached hydrogens (primary N) is 1. The van der Waals surface area contributed by atoms with Gasteiger partial charge in [-0.1, -0.05) is 30.2 Å². The highest BCUT2D eigenvalue weighted by Crippen LogP contribution is 2.22. The zero-order valence-corrected chi connectivity index (χ0v) is 21.4. The van der Waals surface area contributed by atoms with E-state index in [2.05, 4.69) is 32.2 Å². The highest BCUT2D eigenvalue weighted by atomic mass is 32.1. The summed E-state index contributed by atoms with van der Waals surface area (Å²) >= 11 is 1.45. The Balaban J connectivity index is 1.48. The van der Waals surface area contributed by atoms with Crippen LogP contribution in [0.4, 0.5) is 5.82 Å². The van der Waals surface area contributed by atoms with Crippen LogP contribution in [0.1, 0.15) is 40.4 Å². The summed E-state index contributed by atoms with van der Waals surface area (Å²) < 4.78 is 2.94. The molecule has 0 aliphatic rings. The summed E-state index contributed by atoms with van der Waals surface area (Å²) in [7, 11) is 0. The van der Waals surface area contributed by atoms with Gasteiger partial charge >= 0.3 is 0 Å². The van der Waals surface area contributed by atoms with Gasteiger partial charge in [-0.25, -0.2) is 19.5 Å². The first-order chi connectivity index (χ1) is 19.0. The second-order valence-corrected chi connectivity index (χ2v) is 9.33. The Hall–Kier alpha value is -5.34. The lowest BCUT2D eigenvalue weighted by Crippen LogP contribution is -2.33. The van der Waals surface area contributed by atoms with Crippen molar-refractivity contribution in [2.45, 2.75) is 13.0 Å². The van der Waals surface area contributed by atoms with Crippen molar-refractivity contribution in [2.24, 2.45) is 0 Å². The average molecular weight is 533 g/mol. The molecule has 0 aliphatic heterocycles. The predicted octanol–water partition coefficient (Wildman–Crippen LogP) is 3.36. The molecule has 0 unspecified atom stereocenters. The summed E-state index contributed by atoms with van der Waals surface area (Å²) in [5.41, 5.74) is 10.2. The van der Waals surface area contributed by atoms with Gasteiger partial charge in [0, 0.05) is 23.3 Å². The van der Waals surface area contributed by atoms with Crippen LogP contribution in [-0.2, 0) is 0 Å². The minimum atomic E-state index is -0.683. The van der Waals surface area contributed by atoms with Crippen LogP contribution in [0.3, 0.4) is 0 Å². The number of hydrogen-bond acceptors (Lipinski definition) is 8. The molecule has 3 N–H and O–H groups in total. The number of aromatic nitrogens is 6. The number of fused-ring (bicyclic) bond motifs is 2. The highest BCUT2D eigenvalue weighted by Gasteiger charge is 2.24. The fourth-order valence-electron chi connectivity index (χ4n) is 4.33. The number of nitrogens with zero attached hydrogens (tertiary/aromatic N) is 6. The summed E-state index contributed by atoms with van der Waals surface area (Å²) in [5, 5.41) is 9.30. The van der Waals surface area contributed by atoms with Gasteiger partial charge in [0.15, 0.2) is 11.5 Å². The Morgan fingerprint density at radius 2 is 1.92 bits per heavy atom. The molecular weight excluding hydrogens is 512 g/mol. The third-order valence-corrected chi connectivity index (χ3v) is 6.67. The maximum Gasteiger partial charge on any atom is 0.267 e. The van der Waals surface area contributed by atoms with Crippen LogP contribution in [0.2, 0.25) is 0 Å². The van der Waals surface area contributed by atoms with E-state index in [1.54, 1.807) is 49.1 Å². The lowest BCUT2D eigenvalue weighted by Gasteiger charge is -2.20. The molecule has 2 aromatic carbocycles. The van der Waals surface area contributed by atoms with Crippen LogP contribution in [-0.4, -0.2) is 35.0 Å². The third-order valence-electron chi connectivity index (χ3n) is 6.08. The van der Waals surface area contributed by atoms with Gasteiger partial charge in [-0.05, 0) is 43.2 Å². The number of anilines is 1. The van der Waals surface area contributed by atoms with Crippen molar-refractivity contribution in [3.63, 3.8) is 0 Å². The summed E-state index contributed by atoms with van der Waals surface area (Å²) in [6, 6.07) is 15.5. The second kappa shape index (κ2) is 9.85. The van der Waals surface area contributed by atoms with Crippen molar-refractivity contribution in [3.05, 3.63) is 111 Å². The predicted molar refractivity (Wildman–Crippen MR) is 149 cm³/mol. The number of nitrogens with one attached hydrogen (secondary N) is 1. The summed E-state index contributed by atoms with van der Waals surface area (Å²) in [5.74, 6) is 6.00. The van der Waals surface area contributed by atoms with Gasteiger partial charge in [-0.3, -0.25) is 14.2 Å². The van der Waals surface area contributed by atoms with Crippen LogP contribution >= 0.6 is 11.3 Å². The minimum absolute atomic E-state index is 0.0497. The van der Waals surface area contributed by atoms with Gasteiger partial charge in [0.1, 0.15) is 17.1 Å². The molecule has 1 atom stereocenters. The van der Waals surface area contributed by atoms with E-state index in [9.17, 15) is 9.59 Å². The zero-order valence-electron chi connectivity index (χ0n) is 20.6. The summed E-state index contributed by atoms with van der Waals surface area (Å²) in [4.78, 5) is 40.7. The van der Waals surface area contributed by atoms with Gasteiger partial charge in [-0.2, -0.15) is 0 Å². The molecule has 0 aliphatic carbocycles. The Kier molecular flexibility index (Phi) is 6.07. The van der Waals surface area contributed by atoms with E-state index < -0.39 is 11.9 Å². The molecular formula is C28H20N8O2S. The number of hydrogen-bond donors (Lipinski definition) is 2. The standard InChI is InChI=1S/C28H20N8O2S/c1-17(32-27(37)23-24(29)34-35-14-6-13-30-26(23)35)25-33-21-10-5-7-18(11-12-19-15-39-16-31-19)22(21)28(38)36(25)20-8-3-2-4-9-20/h2-10,13-17H,1H3,(H2,29,34)(H,32,37)/t17-/m0/s1. The van der Waals surface area contributed by atoms with Crippen molar-refractivity contribution in [1.29, 1.82) is 0 Å². The topological polar surface area (TPSA) is 133 Å². The second-order valence-electron chi connectivity index (χ2n) is 8.61. The van der Waals surface area contributed by atoms with Crippen molar-refractivity contribution in [3.8, 4) is 17.5 Å². The van der Waals surface area contributed by atoms with E-state index in [4.69, 9.17) is 10.7 Å². The number of para-hydroxylation sites is 1. The number of carbonyl (C=O) groups is 1. The van der Waals surface area contributed by atoms with E-state index in [0.717, 1.165) is 0 Å². The van der Waals surface area contributed by atoms with E-state index >= 15 is 0 Å². The largest absolute Gasteiger partial charge is 0.381 e. The number of carbonyl (C=O) groups excluding carboxylic acids is 1. The SMILES string of the molecule is C[C@H](NC(=O)c1c(N)nn2cccnc12)c1nc2cccc(C#Cc3cscn3)c2c(=O)n1-c1ccccc1. The fraction of sp³-hybridized carbons (Fsp3) is 0.0714. The van der Waals surface area contributed by atoms with Gasteiger partial charge < -0.3 is 11.1 Å². The zero-order chi connectivity index (χ0) is 26.9. The molecule has 0 fully saturated rings. The quantitative estimate of drug-likeness (QED) is 0.333. The van der Waals surface area contributed by atoms with Gasteiger partial charge in [0.2, 0.25) is 0 Å². The lowest BCUT2D eigenvalue weighted by atomic mass is 10.1. The summed E-state index contributed by atoms with van der Waals surface area (Å²) in [6.07, 6.45) is 3.22. The molecule has 4 heterocycles. The molecule has 1 amide bonds. The first kappa shape index (κ1) is 24.0. The van der Waals surface area contributed by atoms with Gasteiger partial charge in [0.05, 0.1) is 28.1 Å². The van der Waals surface area contributed by atoms with Crippen LogP contribution in [0, 0.1) is 11.8 Å². The minimum Gasteiger partial charge on any atom is -0.381 e. The van der Waals surface area contributed by atoms with Crippen molar-refractivity contribution < 1.29 is 4.79 Å². The number of nitrogen functional groups attached to an aromatic ring is 1. The summed E-state index contributed by atoms with van der Waals surface area (Å²) in [6.45, 7) is 1.76. The third kappa shape index (κ3) is 4.39. The molecule has 0 bridgehead atoms. The normalized spacial score (nSPS) is 11.7. The van der Waals surface area contributed by atoms with Gasteiger partial charge in [0.25, 0.3) is 11.5 Å². The molecule has 6 aromatic rings. The molecule has 6 rings (SSSR count). The number of rotatable bonds is 4. The molecule has 0 saturated heterocycles. The number of amides is 1. The molecule has 190 valence electrons. The van der Waals surface area contributed by atoms with Crippen molar-refractivity contribution >= 4 is 39.6 Å². The van der Waals surface area contributed by atoms with Crippen molar-refractivity contribution in [1.82, 2.24) is 34.4 Å². The molecule has 4 aromatic heterocycles. The van der Waals surface area contributed by atoms with Crippen LogP contribution in [0.5, 0.6) is 0 Å². The Labute approximate surface area is 225 Å². The molecule has 11 heteroatoms. The maximum atomic E-state index is 14.1.